The van der Waals surface area contributed by atoms with Gasteiger partial charge in [-0.2, -0.15) is 36.4 Å². The van der Waals surface area contributed by atoms with Crippen LogP contribution in [0.2, 0.25) is 0 Å². The van der Waals surface area contributed by atoms with Crippen molar-refractivity contribution in [3.8, 4) is 11.4 Å². The predicted molar refractivity (Wildman–Crippen MR) is 200 cm³/mol. The number of halogens is 4. The molecule has 8 rings (SSSR count). The Labute approximate surface area is 330 Å². The van der Waals surface area contributed by atoms with E-state index in [1.807, 2.05) is 84.9 Å². The Morgan fingerprint density at radius 2 is 0.927 bits per heavy atom. The molecule has 55 heavy (non-hydrogen) atoms. The summed E-state index contributed by atoms with van der Waals surface area (Å²) in [5, 5.41) is 1.52. The first-order valence-electron chi connectivity index (χ1n) is 16.9. The molecule has 2 aromatic heterocycles. The van der Waals surface area contributed by atoms with Gasteiger partial charge in [0.2, 0.25) is 0 Å². The van der Waals surface area contributed by atoms with Gasteiger partial charge in [0, 0.05) is 34.3 Å². The van der Waals surface area contributed by atoms with Crippen LogP contribution in [-0.4, -0.2) is 34.3 Å². The van der Waals surface area contributed by atoms with E-state index >= 15 is 0 Å². The maximum absolute atomic E-state index is 14.1. The quantitative estimate of drug-likeness (QED) is 0.0730. The van der Waals surface area contributed by atoms with Gasteiger partial charge in [0.15, 0.2) is 0 Å². The van der Waals surface area contributed by atoms with Crippen LogP contribution in [0.15, 0.2) is 146 Å². The summed E-state index contributed by atoms with van der Waals surface area (Å²) < 4.78 is 67.2. The first kappa shape index (κ1) is 41.8. The third-order valence-corrected chi connectivity index (χ3v) is 7.67. The standard InChI is InChI=1S/2C17H12F2NO2.2C5H5.Ti/c2*1-2-22-17(21)16-9-11-5-3-4-6-14(11)20(16)15-8-7-12(18)10-13(15)19;2*1-2-4-5-3-1;/h2*3-9H,2H2,1H3;2*1-5H;/q4*-1;+4. The van der Waals surface area contributed by atoms with Gasteiger partial charge in [-0.1, -0.05) is 36.4 Å². The van der Waals surface area contributed by atoms with Crippen molar-refractivity contribution in [3.05, 3.63) is 192 Å². The van der Waals surface area contributed by atoms with Crippen molar-refractivity contribution < 1.29 is 58.3 Å². The van der Waals surface area contributed by atoms with Gasteiger partial charge in [0.25, 0.3) is 0 Å². The molecule has 6 nitrogen and oxygen atoms in total. The molecule has 6 aromatic carbocycles. The van der Waals surface area contributed by atoms with Gasteiger partial charge in [-0.15, -0.1) is 36.4 Å². The first-order valence-corrected chi connectivity index (χ1v) is 16.9. The molecule has 0 saturated carbocycles. The number of carbonyl (C=O) groups is 2. The molecule has 0 aliphatic heterocycles. The Hall–Kier alpha value is -5.97. The fraction of sp³-hybridized carbons (Fsp3) is 0.0909. The molecule has 8 aromatic rings. The van der Waals surface area contributed by atoms with Gasteiger partial charge in [0.05, 0.1) is 13.2 Å². The van der Waals surface area contributed by atoms with E-state index < -0.39 is 35.2 Å². The van der Waals surface area contributed by atoms with Crippen LogP contribution < -0.4 is 0 Å². The molecule has 0 spiro atoms. The monoisotopic (exact) mass is 778 g/mol. The fourth-order valence-electron chi connectivity index (χ4n) is 5.40. The number of nitrogens with zero attached hydrogens (tertiary/aromatic N) is 2. The molecule has 2 heterocycles. The summed E-state index contributed by atoms with van der Waals surface area (Å²) in [7, 11) is 0. The SMILES string of the molecule is CCOC(=O)c1cc2ccccc2n1-c1ccc(F)[c-]c1F.CCOC(=O)c1cc2ccccc2n1-c1ccc(F)[c-]c1F.[Ti+4].c1cc[cH-]c1.c1cc[cH-]c1. The van der Waals surface area contributed by atoms with Crippen molar-refractivity contribution in [3.63, 3.8) is 0 Å². The Morgan fingerprint density at radius 1 is 0.564 bits per heavy atom. The molecular weight excluding hydrogens is 744 g/mol. The Kier molecular flexibility index (Phi) is 15.6. The number of fused-ring (bicyclic) bond motifs is 2. The number of carbonyl (C=O) groups excluding carboxylic acids is 2. The molecule has 276 valence electrons. The molecule has 0 N–H and O–H groups in total. The molecule has 0 radical (unpaired) electrons. The summed E-state index contributed by atoms with van der Waals surface area (Å²) in [6.07, 6.45) is 0. The van der Waals surface area contributed by atoms with Gasteiger partial charge < -0.3 is 18.6 Å². The molecule has 11 heteroatoms. The number of ether oxygens (including phenoxy) is 2. The van der Waals surface area contributed by atoms with Crippen molar-refractivity contribution in [1.29, 1.82) is 0 Å². The Balaban J connectivity index is 0.000000192. The second-order valence-corrected chi connectivity index (χ2v) is 11.2. The van der Waals surface area contributed by atoms with E-state index in [-0.39, 0.29) is 57.7 Å². The average Bonchev–Trinajstić information content (AvgIpc) is 4.01. The molecule has 0 atom stereocenters. The van der Waals surface area contributed by atoms with Crippen LogP contribution >= 0.6 is 0 Å². The first-order chi connectivity index (χ1) is 26.2. The summed E-state index contributed by atoms with van der Waals surface area (Å²) in [4.78, 5) is 24.3. The topological polar surface area (TPSA) is 62.5 Å². The number of esters is 2. The van der Waals surface area contributed by atoms with Gasteiger partial charge in [-0.05, 0) is 60.3 Å². The van der Waals surface area contributed by atoms with Crippen LogP contribution in [0.5, 0.6) is 0 Å². The molecule has 0 saturated heterocycles. The molecule has 0 aliphatic rings. The Bertz CT molecular complexity index is 2210. The van der Waals surface area contributed by atoms with Crippen molar-refractivity contribution in [2.24, 2.45) is 0 Å². The molecule has 0 fully saturated rings. The van der Waals surface area contributed by atoms with E-state index in [1.54, 1.807) is 62.4 Å². The third-order valence-electron chi connectivity index (χ3n) is 7.67. The van der Waals surface area contributed by atoms with Gasteiger partial charge in [-0.3, -0.25) is 0 Å². The van der Waals surface area contributed by atoms with Gasteiger partial charge in [0.1, 0.15) is 11.4 Å². The minimum atomic E-state index is -0.869. The smallest absolute Gasteiger partial charge is 0.461 e. The predicted octanol–water partition coefficient (Wildman–Crippen LogP) is 10.6. The molecule has 0 aliphatic carbocycles. The minimum absolute atomic E-state index is 0. The Morgan fingerprint density at radius 3 is 1.24 bits per heavy atom. The normalized spacial score (nSPS) is 10.1. The van der Waals surface area contributed by atoms with Crippen molar-refractivity contribution >= 4 is 33.7 Å². The van der Waals surface area contributed by atoms with E-state index in [0.717, 1.165) is 22.9 Å². The maximum atomic E-state index is 14.1. The second kappa shape index (κ2) is 20.5. The third kappa shape index (κ3) is 10.6. The van der Waals surface area contributed by atoms with Crippen LogP contribution in [0, 0.1) is 35.4 Å². The number of benzene rings is 4. The average molecular weight is 779 g/mol. The van der Waals surface area contributed by atoms with E-state index in [0.29, 0.717) is 11.0 Å². The van der Waals surface area contributed by atoms with E-state index in [4.69, 9.17) is 9.47 Å². The van der Waals surface area contributed by atoms with E-state index in [2.05, 4.69) is 0 Å². The zero-order valence-corrected chi connectivity index (χ0v) is 31.4. The van der Waals surface area contributed by atoms with Crippen LogP contribution in [0.1, 0.15) is 34.8 Å². The van der Waals surface area contributed by atoms with Crippen LogP contribution in [0.4, 0.5) is 17.6 Å². The number of para-hydroxylation sites is 2. The number of hydrogen-bond acceptors (Lipinski definition) is 4. The molecular formula is C44H34F4N2O4Ti. The largest absolute Gasteiger partial charge is 4.00 e. The van der Waals surface area contributed by atoms with Gasteiger partial charge in [-0.25, -0.2) is 51.4 Å². The van der Waals surface area contributed by atoms with Crippen LogP contribution in [0.3, 0.4) is 0 Å². The van der Waals surface area contributed by atoms with E-state index in [9.17, 15) is 27.2 Å². The van der Waals surface area contributed by atoms with Crippen molar-refractivity contribution in [2.75, 3.05) is 13.2 Å². The summed E-state index contributed by atoms with van der Waals surface area (Å²) in [6.45, 7) is 3.80. The van der Waals surface area contributed by atoms with E-state index in [1.165, 1.54) is 21.3 Å². The summed E-state index contributed by atoms with van der Waals surface area (Å²) in [5.74, 6) is -4.46. The van der Waals surface area contributed by atoms with Gasteiger partial charge >= 0.3 is 33.7 Å². The van der Waals surface area contributed by atoms with Crippen molar-refractivity contribution in [2.45, 2.75) is 13.8 Å². The fourth-order valence-corrected chi connectivity index (χ4v) is 5.40. The second-order valence-electron chi connectivity index (χ2n) is 11.2. The van der Waals surface area contributed by atoms with Crippen LogP contribution in [-0.2, 0) is 31.2 Å². The minimum Gasteiger partial charge on any atom is -0.461 e. The molecule has 0 amide bonds. The zero-order chi connectivity index (χ0) is 38.5. The summed E-state index contributed by atoms with van der Waals surface area (Å²) >= 11 is 0. The van der Waals surface area contributed by atoms with Crippen LogP contribution in [0.25, 0.3) is 33.2 Å². The molecule has 0 bridgehead atoms. The number of rotatable bonds is 6. The maximum Gasteiger partial charge on any atom is 4.00 e. The summed E-state index contributed by atoms with van der Waals surface area (Å²) in [5.41, 5.74) is 1.72. The molecule has 0 unspecified atom stereocenters. The summed E-state index contributed by atoms with van der Waals surface area (Å²) in [6, 6.07) is 46.3. The number of aromatic nitrogens is 2. The van der Waals surface area contributed by atoms with Crippen molar-refractivity contribution in [1.82, 2.24) is 9.13 Å². The zero-order valence-electron chi connectivity index (χ0n) is 29.8. The number of hydrogen-bond donors (Lipinski definition) is 0.